The van der Waals surface area contributed by atoms with Gasteiger partial charge in [-0.2, -0.15) is 0 Å². The Labute approximate surface area is 156 Å². The van der Waals surface area contributed by atoms with Crippen LogP contribution in [0.5, 0.6) is 0 Å². The van der Waals surface area contributed by atoms with Crippen LogP contribution < -0.4 is 10.6 Å². The summed E-state index contributed by atoms with van der Waals surface area (Å²) in [5.41, 5.74) is 0.535. The van der Waals surface area contributed by atoms with Gasteiger partial charge in [-0.25, -0.2) is 4.98 Å². The number of esters is 1. The minimum atomic E-state index is -0.727. The van der Waals surface area contributed by atoms with Gasteiger partial charge in [0.15, 0.2) is 5.13 Å². The summed E-state index contributed by atoms with van der Waals surface area (Å²) in [6, 6.07) is 0. The predicted octanol–water partition coefficient (Wildman–Crippen LogP) is 2.08. The molecular weight excluding hydrogens is 354 g/mol. The molecule has 0 unspecified atom stereocenters. The largest absolute Gasteiger partial charge is 0.465 e. The highest BCUT2D eigenvalue weighted by Crippen LogP contribution is 2.40. The minimum Gasteiger partial charge on any atom is -0.465 e. The number of hydrogen-bond acceptors (Lipinski definition) is 6. The number of thiazole rings is 1. The van der Waals surface area contributed by atoms with Crippen LogP contribution in [0.1, 0.15) is 50.6 Å². The van der Waals surface area contributed by atoms with Crippen molar-refractivity contribution in [3.05, 3.63) is 10.6 Å². The third-order valence-electron chi connectivity index (χ3n) is 5.09. The number of aromatic nitrogens is 1. The Morgan fingerprint density at radius 2 is 2.12 bits per heavy atom. The number of anilines is 1. The molecule has 1 saturated heterocycles. The minimum absolute atomic E-state index is 0.0749. The Morgan fingerprint density at radius 1 is 1.38 bits per heavy atom. The number of nitrogens with one attached hydrogen (secondary N) is 2. The fourth-order valence-electron chi connectivity index (χ4n) is 3.67. The molecule has 1 fully saturated rings. The highest BCUT2D eigenvalue weighted by molar-refractivity contribution is 7.16. The molecule has 1 aliphatic heterocycles. The number of carbonyl (C=O) groups is 3. The maximum atomic E-state index is 12.7. The lowest BCUT2D eigenvalue weighted by molar-refractivity contribution is -0.145. The van der Waals surface area contributed by atoms with Crippen molar-refractivity contribution < 1.29 is 19.1 Å². The third kappa shape index (κ3) is 3.47. The smallest absolute Gasteiger partial charge is 0.315 e. The molecule has 2 heterocycles. The number of carbonyl (C=O) groups excluding carboxylic acids is 3. The van der Waals surface area contributed by atoms with E-state index in [1.165, 1.54) is 11.3 Å². The van der Waals surface area contributed by atoms with E-state index in [1.54, 1.807) is 6.92 Å². The summed E-state index contributed by atoms with van der Waals surface area (Å²) < 4.78 is 5.11. The van der Waals surface area contributed by atoms with Gasteiger partial charge in [-0.15, -0.1) is 11.3 Å². The number of hydrogen-bond donors (Lipinski definition) is 2. The standard InChI is InChI=1S/C18H25N3O4S/c1-5-25-16(24)9-6-7-11-13(9)20-17(26-11)21-15(23)12-10(18(2,3)4)8-19-14(12)22/h9-10,12H,5-8H2,1-4H3,(H,19,22)(H,20,21,23)/t9-,10+,12+/m1/s1. The first kappa shape index (κ1) is 18.8. The van der Waals surface area contributed by atoms with Crippen LogP contribution in [0.25, 0.3) is 0 Å². The number of fused-ring (bicyclic) bond motifs is 1. The van der Waals surface area contributed by atoms with Gasteiger partial charge < -0.3 is 15.4 Å². The van der Waals surface area contributed by atoms with Gasteiger partial charge in [-0.3, -0.25) is 14.4 Å². The molecule has 0 radical (unpaired) electrons. The van der Waals surface area contributed by atoms with Gasteiger partial charge in [0.2, 0.25) is 11.8 Å². The predicted molar refractivity (Wildman–Crippen MR) is 97.9 cm³/mol. The summed E-state index contributed by atoms with van der Waals surface area (Å²) in [4.78, 5) is 42.4. The zero-order chi connectivity index (χ0) is 19.1. The molecular formula is C18H25N3O4S. The van der Waals surface area contributed by atoms with Gasteiger partial charge in [0.25, 0.3) is 0 Å². The second-order valence-corrected chi connectivity index (χ2v) is 8.94. The van der Waals surface area contributed by atoms with E-state index in [9.17, 15) is 14.4 Å². The van der Waals surface area contributed by atoms with Crippen molar-refractivity contribution in [3.63, 3.8) is 0 Å². The van der Waals surface area contributed by atoms with E-state index in [0.717, 1.165) is 11.3 Å². The molecule has 0 aromatic carbocycles. The average molecular weight is 379 g/mol. The summed E-state index contributed by atoms with van der Waals surface area (Å²) in [5.74, 6) is -2.00. The van der Waals surface area contributed by atoms with Gasteiger partial charge in [-0.1, -0.05) is 20.8 Å². The first-order valence-electron chi connectivity index (χ1n) is 8.97. The van der Waals surface area contributed by atoms with Crippen LogP contribution in [-0.4, -0.2) is 35.9 Å². The fourth-order valence-corrected chi connectivity index (χ4v) is 4.71. The van der Waals surface area contributed by atoms with E-state index < -0.39 is 5.92 Å². The Morgan fingerprint density at radius 3 is 2.77 bits per heavy atom. The molecule has 8 heteroatoms. The van der Waals surface area contributed by atoms with Gasteiger partial charge >= 0.3 is 5.97 Å². The van der Waals surface area contributed by atoms with Crippen LogP contribution in [0, 0.1) is 17.3 Å². The third-order valence-corrected chi connectivity index (χ3v) is 6.14. The monoisotopic (exact) mass is 379 g/mol. The second kappa shape index (κ2) is 6.98. The first-order chi connectivity index (χ1) is 12.2. The lowest BCUT2D eigenvalue weighted by Gasteiger charge is -2.29. The van der Waals surface area contributed by atoms with Gasteiger partial charge in [-0.05, 0) is 25.2 Å². The molecule has 2 aliphatic rings. The topological polar surface area (TPSA) is 97.4 Å². The van der Waals surface area contributed by atoms with Crippen LogP contribution in [0.4, 0.5) is 5.13 Å². The van der Waals surface area contributed by atoms with Crippen LogP contribution in [0.3, 0.4) is 0 Å². The van der Waals surface area contributed by atoms with E-state index in [-0.39, 0.29) is 35.0 Å². The number of aryl methyl sites for hydroxylation is 1. The Bertz CT molecular complexity index is 737. The van der Waals surface area contributed by atoms with E-state index in [2.05, 4.69) is 15.6 Å². The molecule has 142 valence electrons. The van der Waals surface area contributed by atoms with E-state index in [4.69, 9.17) is 4.74 Å². The number of ether oxygens (including phenoxy) is 1. The molecule has 7 nitrogen and oxygen atoms in total. The SMILES string of the molecule is CCOC(=O)[C@@H]1CCc2sc(NC(=O)[C@@H]3C(=O)NC[C@@H]3C(C)(C)C)nc21. The molecule has 0 saturated carbocycles. The molecule has 2 N–H and O–H groups in total. The van der Waals surface area contributed by atoms with E-state index in [0.29, 0.717) is 30.4 Å². The van der Waals surface area contributed by atoms with Crippen molar-refractivity contribution in [2.24, 2.45) is 17.3 Å². The summed E-state index contributed by atoms with van der Waals surface area (Å²) in [6.07, 6.45) is 1.44. The van der Waals surface area contributed by atoms with E-state index >= 15 is 0 Å². The normalized spacial score (nSPS) is 24.9. The summed E-state index contributed by atoms with van der Waals surface area (Å²) in [6.45, 7) is 8.70. The summed E-state index contributed by atoms with van der Waals surface area (Å²) >= 11 is 1.38. The van der Waals surface area contributed by atoms with Crippen molar-refractivity contribution in [1.82, 2.24) is 10.3 Å². The van der Waals surface area contributed by atoms with Crippen molar-refractivity contribution in [2.75, 3.05) is 18.5 Å². The lowest BCUT2D eigenvalue weighted by Crippen LogP contribution is -2.37. The maximum Gasteiger partial charge on any atom is 0.315 e. The average Bonchev–Trinajstić information content (AvgIpc) is 3.20. The molecule has 2 amide bonds. The van der Waals surface area contributed by atoms with Crippen molar-refractivity contribution in [3.8, 4) is 0 Å². The first-order valence-corrected chi connectivity index (χ1v) is 9.78. The Kier molecular flexibility index (Phi) is 5.05. The van der Waals surface area contributed by atoms with Crippen molar-refractivity contribution in [1.29, 1.82) is 0 Å². The van der Waals surface area contributed by atoms with Crippen molar-refractivity contribution >= 4 is 34.3 Å². The van der Waals surface area contributed by atoms with Crippen LogP contribution in [-0.2, 0) is 25.5 Å². The van der Waals surface area contributed by atoms with Crippen molar-refractivity contribution in [2.45, 2.75) is 46.5 Å². The maximum absolute atomic E-state index is 12.7. The van der Waals surface area contributed by atoms with E-state index in [1.807, 2.05) is 20.8 Å². The lowest BCUT2D eigenvalue weighted by atomic mass is 9.74. The molecule has 1 aromatic heterocycles. The molecule has 3 rings (SSSR count). The van der Waals surface area contributed by atoms with Gasteiger partial charge in [0.1, 0.15) is 11.8 Å². The van der Waals surface area contributed by atoms with Gasteiger partial charge in [0.05, 0.1) is 12.3 Å². The zero-order valence-electron chi connectivity index (χ0n) is 15.5. The Balaban J connectivity index is 1.74. The van der Waals surface area contributed by atoms with Crippen LogP contribution >= 0.6 is 11.3 Å². The molecule has 3 atom stereocenters. The molecule has 0 bridgehead atoms. The highest BCUT2D eigenvalue weighted by Gasteiger charge is 2.46. The van der Waals surface area contributed by atoms with Crippen LogP contribution in [0.2, 0.25) is 0 Å². The molecule has 0 spiro atoms. The molecule has 1 aliphatic carbocycles. The number of amides is 2. The quantitative estimate of drug-likeness (QED) is 0.617. The van der Waals surface area contributed by atoms with Crippen LogP contribution in [0.15, 0.2) is 0 Å². The summed E-state index contributed by atoms with van der Waals surface area (Å²) in [5, 5.41) is 6.03. The zero-order valence-corrected chi connectivity index (χ0v) is 16.4. The van der Waals surface area contributed by atoms with Gasteiger partial charge in [0, 0.05) is 17.3 Å². The molecule has 1 aromatic rings. The molecule has 26 heavy (non-hydrogen) atoms. The Hall–Kier alpha value is -1.96. The number of nitrogens with zero attached hydrogens (tertiary/aromatic N) is 1. The number of rotatable bonds is 4. The fraction of sp³-hybridized carbons (Fsp3) is 0.667. The summed E-state index contributed by atoms with van der Waals surface area (Å²) in [7, 11) is 0. The second-order valence-electron chi connectivity index (χ2n) is 7.86. The highest BCUT2D eigenvalue weighted by atomic mass is 32.1.